The van der Waals surface area contributed by atoms with Gasteiger partial charge in [0.05, 0.1) is 5.41 Å². The van der Waals surface area contributed by atoms with Crippen LogP contribution >= 0.6 is 0 Å². The van der Waals surface area contributed by atoms with Crippen molar-refractivity contribution in [3.63, 3.8) is 0 Å². The number of nitrogens with one attached hydrogen (secondary N) is 1. The maximum Gasteiger partial charge on any atom is 0.321 e. The van der Waals surface area contributed by atoms with E-state index in [-0.39, 0.29) is 18.2 Å². The number of ketones is 1. The van der Waals surface area contributed by atoms with E-state index < -0.39 is 11.4 Å². The first kappa shape index (κ1) is 15.0. The molecule has 1 aromatic rings. The first-order valence-corrected chi connectivity index (χ1v) is 6.62. The molecule has 2 N–H and O–H groups in total. The Morgan fingerprint density at radius 2 is 2.05 bits per heavy atom. The first-order chi connectivity index (χ1) is 9.70. The highest BCUT2D eigenvalue weighted by molar-refractivity contribution is 6.00. The van der Waals surface area contributed by atoms with Gasteiger partial charge in [0, 0.05) is 31.3 Å². The number of nitrogens with zero attached hydrogens (tertiary/aromatic N) is 1. The first-order valence-electron chi connectivity index (χ1n) is 6.62. The Labute approximate surface area is 122 Å². The van der Waals surface area contributed by atoms with Crippen molar-refractivity contribution in [2.24, 2.45) is 5.41 Å². The summed E-state index contributed by atoms with van der Waals surface area (Å²) in [6.07, 6.45) is -0.0662. The predicted molar refractivity (Wildman–Crippen MR) is 77.3 cm³/mol. The number of carbonyl (C=O) groups excluding carboxylic acids is 2. The van der Waals surface area contributed by atoms with Gasteiger partial charge in [0.25, 0.3) is 0 Å². The van der Waals surface area contributed by atoms with Crippen molar-refractivity contribution in [1.29, 1.82) is 0 Å². The summed E-state index contributed by atoms with van der Waals surface area (Å²) in [4.78, 5) is 36.4. The Morgan fingerprint density at radius 3 is 2.67 bits per heavy atom. The molecule has 0 saturated carbocycles. The minimum atomic E-state index is -1.10. The molecule has 21 heavy (non-hydrogen) atoms. The van der Waals surface area contributed by atoms with E-state index >= 15 is 0 Å². The number of carboxylic acid groups (broad SMARTS) is 1. The fourth-order valence-electron chi connectivity index (χ4n) is 2.14. The predicted octanol–water partition coefficient (Wildman–Crippen LogP) is 2.35. The molecule has 1 aliphatic heterocycles. The zero-order chi connectivity index (χ0) is 15.8. The second-order valence-electron chi connectivity index (χ2n) is 5.95. The van der Waals surface area contributed by atoms with Crippen molar-refractivity contribution in [2.75, 3.05) is 12.4 Å². The van der Waals surface area contributed by atoms with E-state index in [0.29, 0.717) is 17.8 Å². The molecule has 6 nitrogen and oxygen atoms in total. The second kappa shape index (κ2) is 5.20. The molecule has 0 bridgehead atoms. The van der Waals surface area contributed by atoms with Crippen molar-refractivity contribution in [3.8, 4) is 0 Å². The van der Waals surface area contributed by atoms with Crippen LogP contribution in [0.15, 0.2) is 18.2 Å². The average Bonchev–Trinajstić information content (AvgIpc) is 2.38. The van der Waals surface area contributed by atoms with E-state index in [4.69, 9.17) is 5.11 Å². The molecule has 0 radical (unpaired) electrons. The maximum absolute atomic E-state index is 12.2. The number of fused-ring (bicyclic) bond motifs is 1. The molecule has 0 unspecified atom stereocenters. The molecule has 0 aliphatic carbocycles. The van der Waals surface area contributed by atoms with Crippen LogP contribution in [0, 0.1) is 5.41 Å². The number of hydrogen-bond donors (Lipinski definition) is 2. The molecule has 0 atom stereocenters. The molecule has 1 aromatic carbocycles. The van der Waals surface area contributed by atoms with Gasteiger partial charge >= 0.3 is 12.0 Å². The summed E-state index contributed by atoms with van der Waals surface area (Å²) in [6, 6.07) is 4.82. The van der Waals surface area contributed by atoms with Gasteiger partial charge in [-0.25, -0.2) is 4.79 Å². The topological polar surface area (TPSA) is 86.7 Å². The van der Waals surface area contributed by atoms with Crippen LogP contribution < -0.4 is 5.32 Å². The van der Waals surface area contributed by atoms with E-state index in [9.17, 15) is 14.4 Å². The van der Waals surface area contributed by atoms with Crippen LogP contribution in [0.2, 0.25) is 0 Å². The van der Waals surface area contributed by atoms with Crippen molar-refractivity contribution >= 4 is 23.5 Å². The summed E-state index contributed by atoms with van der Waals surface area (Å²) < 4.78 is 0. The number of hydrogen-bond acceptors (Lipinski definition) is 3. The zero-order valence-electron chi connectivity index (χ0n) is 12.3. The third-order valence-corrected chi connectivity index (χ3v) is 3.60. The average molecular weight is 290 g/mol. The summed E-state index contributed by atoms with van der Waals surface area (Å²) >= 11 is 0. The lowest BCUT2D eigenvalue weighted by Crippen LogP contribution is -2.35. The van der Waals surface area contributed by atoms with Gasteiger partial charge in [0.15, 0.2) is 5.78 Å². The Morgan fingerprint density at radius 1 is 1.38 bits per heavy atom. The molecule has 0 spiro atoms. The number of amides is 2. The Bertz CT molecular complexity index is 622. The number of urea groups is 1. The summed E-state index contributed by atoms with van der Waals surface area (Å²) in [5, 5.41) is 11.8. The van der Waals surface area contributed by atoms with E-state index in [0.717, 1.165) is 5.56 Å². The number of Topliss-reactive ketones (excluding diaryl/α,β-unsaturated/α-hetero) is 1. The van der Waals surface area contributed by atoms with Crippen LogP contribution in [-0.2, 0) is 11.3 Å². The third kappa shape index (κ3) is 3.04. The Kier molecular flexibility index (Phi) is 3.72. The van der Waals surface area contributed by atoms with Gasteiger partial charge in [-0.3, -0.25) is 9.59 Å². The van der Waals surface area contributed by atoms with Crippen LogP contribution in [-0.4, -0.2) is 34.8 Å². The summed E-state index contributed by atoms with van der Waals surface area (Å²) in [7, 11) is 1.67. The van der Waals surface area contributed by atoms with Crippen LogP contribution in [0.5, 0.6) is 0 Å². The van der Waals surface area contributed by atoms with Gasteiger partial charge in [-0.2, -0.15) is 0 Å². The largest absolute Gasteiger partial charge is 0.481 e. The monoisotopic (exact) mass is 290 g/mol. The number of anilines is 1. The standard InChI is InChI=1S/C15H18N2O4/c1-15(2,13(19)20)7-12(18)9-4-5-11-10(6-9)8-17(3)14(21)16-11/h4-6H,7-8H2,1-3H3,(H,16,21)(H,19,20). The summed E-state index contributed by atoms with van der Waals surface area (Å²) in [5.74, 6) is -1.22. The molecule has 2 amide bonds. The van der Waals surface area contributed by atoms with Gasteiger partial charge < -0.3 is 15.3 Å². The van der Waals surface area contributed by atoms with Crippen LogP contribution in [0.25, 0.3) is 0 Å². The quantitative estimate of drug-likeness (QED) is 0.833. The summed E-state index contributed by atoms with van der Waals surface area (Å²) in [6.45, 7) is 3.48. The zero-order valence-corrected chi connectivity index (χ0v) is 12.3. The molecule has 0 fully saturated rings. The molecule has 0 aromatic heterocycles. The smallest absolute Gasteiger partial charge is 0.321 e. The fraction of sp³-hybridized carbons (Fsp3) is 0.400. The third-order valence-electron chi connectivity index (χ3n) is 3.60. The number of carbonyl (C=O) groups is 3. The number of rotatable bonds is 4. The minimum absolute atomic E-state index is 0.0662. The number of aliphatic carboxylic acids is 1. The molecule has 6 heteroatoms. The van der Waals surface area contributed by atoms with Gasteiger partial charge in [-0.05, 0) is 37.6 Å². The molecular formula is C15H18N2O4. The van der Waals surface area contributed by atoms with Crippen LogP contribution in [0.3, 0.4) is 0 Å². The second-order valence-corrected chi connectivity index (χ2v) is 5.95. The van der Waals surface area contributed by atoms with E-state index in [1.807, 2.05) is 0 Å². The molecule has 1 aliphatic rings. The summed E-state index contributed by atoms with van der Waals surface area (Å²) in [5.41, 5.74) is 0.897. The van der Waals surface area contributed by atoms with Gasteiger partial charge in [0.1, 0.15) is 0 Å². The highest BCUT2D eigenvalue weighted by Gasteiger charge is 2.31. The minimum Gasteiger partial charge on any atom is -0.481 e. The van der Waals surface area contributed by atoms with Gasteiger partial charge in [-0.15, -0.1) is 0 Å². The Balaban J connectivity index is 2.23. The Hall–Kier alpha value is -2.37. The van der Waals surface area contributed by atoms with E-state index in [1.54, 1.807) is 25.2 Å². The molecule has 112 valence electrons. The van der Waals surface area contributed by atoms with Crippen molar-refractivity contribution in [1.82, 2.24) is 4.90 Å². The molecule has 2 rings (SSSR count). The fourth-order valence-corrected chi connectivity index (χ4v) is 2.14. The molecule has 0 saturated heterocycles. The number of benzene rings is 1. The van der Waals surface area contributed by atoms with E-state index in [1.165, 1.54) is 18.7 Å². The highest BCUT2D eigenvalue weighted by Crippen LogP contribution is 2.27. The molecule has 1 heterocycles. The lowest BCUT2D eigenvalue weighted by molar-refractivity contribution is -0.146. The lowest BCUT2D eigenvalue weighted by Gasteiger charge is -2.26. The number of carboxylic acids is 1. The normalized spacial score (nSPS) is 14.4. The van der Waals surface area contributed by atoms with E-state index in [2.05, 4.69) is 5.32 Å². The van der Waals surface area contributed by atoms with Crippen LogP contribution in [0.1, 0.15) is 36.2 Å². The lowest BCUT2D eigenvalue weighted by atomic mass is 9.85. The highest BCUT2D eigenvalue weighted by atomic mass is 16.4. The van der Waals surface area contributed by atoms with Crippen molar-refractivity contribution in [2.45, 2.75) is 26.8 Å². The van der Waals surface area contributed by atoms with Crippen molar-refractivity contribution < 1.29 is 19.5 Å². The molecular weight excluding hydrogens is 272 g/mol. The maximum atomic E-state index is 12.2. The van der Waals surface area contributed by atoms with Crippen LogP contribution in [0.4, 0.5) is 10.5 Å². The van der Waals surface area contributed by atoms with Crippen molar-refractivity contribution in [3.05, 3.63) is 29.3 Å². The van der Waals surface area contributed by atoms with Gasteiger partial charge in [0.2, 0.25) is 0 Å². The van der Waals surface area contributed by atoms with Gasteiger partial charge in [-0.1, -0.05) is 0 Å². The SMILES string of the molecule is CN1Cc2cc(C(=O)CC(C)(C)C(=O)O)ccc2NC1=O.